The standard InChI is InChI=1S/C8H8N3O3PS/c12-15(13,16)14-8-9-6-11(10-8)7-4-2-1-3-5-7/h1-6H,(H2,12,13,16). The van der Waals surface area contributed by atoms with E-state index < -0.39 is 6.72 Å². The summed E-state index contributed by atoms with van der Waals surface area (Å²) in [6.45, 7) is -3.77. The highest BCUT2D eigenvalue weighted by Crippen LogP contribution is 2.36. The van der Waals surface area contributed by atoms with Crippen LogP contribution in [0.3, 0.4) is 0 Å². The van der Waals surface area contributed by atoms with Crippen molar-refractivity contribution >= 4 is 18.5 Å². The second-order valence-electron chi connectivity index (χ2n) is 2.89. The van der Waals surface area contributed by atoms with Gasteiger partial charge >= 0.3 is 12.7 Å². The van der Waals surface area contributed by atoms with Crippen molar-refractivity contribution in [2.24, 2.45) is 0 Å². The summed E-state index contributed by atoms with van der Waals surface area (Å²) in [6, 6.07) is 9.06. The van der Waals surface area contributed by atoms with E-state index in [1.807, 2.05) is 30.3 Å². The van der Waals surface area contributed by atoms with E-state index in [4.69, 9.17) is 9.79 Å². The van der Waals surface area contributed by atoms with Crippen LogP contribution in [0.1, 0.15) is 0 Å². The summed E-state index contributed by atoms with van der Waals surface area (Å²) in [5.41, 5.74) is 0.786. The summed E-state index contributed by atoms with van der Waals surface area (Å²) < 4.78 is 6.04. The first-order valence-corrected chi connectivity index (χ1v) is 6.89. The van der Waals surface area contributed by atoms with E-state index in [1.165, 1.54) is 11.0 Å². The number of benzene rings is 1. The fraction of sp³-hybridized carbons (Fsp3) is 0. The Balaban J connectivity index is 2.24. The van der Waals surface area contributed by atoms with Gasteiger partial charge < -0.3 is 14.3 Å². The van der Waals surface area contributed by atoms with Gasteiger partial charge in [-0.25, -0.2) is 4.68 Å². The van der Waals surface area contributed by atoms with Gasteiger partial charge in [-0.05, 0) is 12.1 Å². The zero-order valence-corrected chi connectivity index (χ0v) is 9.67. The number of rotatable bonds is 3. The Morgan fingerprint density at radius 3 is 2.56 bits per heavy atom. The molecule has 2 N–H and O–H groups in total. The average Bonchev–Trinajstić information content (AvgIpc) is 2.65. The van der Waals surface area contributed by atoms with E-state index >= 15 is 0 Å². The van der Waals surface area contributed by atoms with Gasteiger partial charge in [0.05, 0.1) is 5.69 Å². The molecule has 1 heterocycles. The summed E-state index contributed by atoms with van der Waals surface area (Å²) >= 11 is 4.30. The Morgan fingerprint density at radius 2 is 1.94 bits per heavy atom. The maximum absolute atomic E-state index is 8.92. The number of para-hydroxylation sites is 1. The highest BCUT2D eigenvalue weighted by molar-refractivity contribution is 8.06. The minimum atomic E-state index is -3.77. The highest BCUT2D eigenvalue weighted by atomic mass is 32.5. The first-order valence-electron chi connectivity index (χ1n) is 4.27. The number of hydrogen-bond donors (Lipinski definition) is 2. The van der Waals surface area contributed by atoms with Crippen LogP contribution in [0.25, 0.3) is 5.69 Å². The molecule has 0 aliphatic heterocycles. The van der Waals surface area contributed by atoms with Crippen molar-refractivity contribution in [3.05, 3.63) is 36.7 Å². The molecule has 1 aromatic carbocycles. The van der Waals surface area contributed by atoms with Crippen LogP contribution in [0, 0.1) is 0 Å². The van der Waals surface area contributed by atoms with Crippen LogP contribution < -0.4 is 4.52 Å². The second kappa shape index (κ2) is 4.31. The quantitative estimate of drug-likeness (QED) is 0.794. The van der Waals surface area contributed by atoms with E-state index in [0.29, 0.717) is 0 Å². The van der Waals surface area contributed by atoms with Crippen LogP contribution >= 0.6 is 6.72 Å². The van der Waals surface area contributed by atoms with Crippen LogP contribution in [0.2, 0.25) is 0 Å². The summed E-state index contributed by atoms with van der Waals surface area (Å²) in [6.07, 6.45) is 1.40. The van der Waals surface area contributed by atoms with E-state index in [1.54, 1.807) is 0 Å². The lowest BCUT2D eigenvalue weighted by Gasteiger charge is -2.04. The second-order valence-corrected chi connectivity index (χ2v) is 5.48. The molecule has 6 nitrogen and oxygen atoms in total. The molecule has 0 spiro atoms. The Kier molecular flexibility index (Phi) is 3.02. The van der Waals surface area contributed by atoms with Gasteiger partial charge in [-0.1, -0.05) is 18.2 Å². The van der Waals surface area contributed by atoms with Crippen molar-refractivity contribution < 1.29 is 14.3 Å². The SMILES string of the molecule is OP(O)(=S)Oc1ncn(-c2ccccc2)n1. The Bertz CT molecular complexity index is 524. The van der Waals surface area contributed by atoms with Gasteiger partial charge in [-0.15, -0.1) is 5.10 Å². The smallest absolute Gasteiger partial charge is 0.377 e. The maximum Gasteiger partial charge on any atom is 0.377 e. The zero-order valence-electron chi connectivity index (χ0n) is 7.96. The zero-order chi connectivity index (χ0) is 11.6. The van der Waals surface area contributed by atoms with Gasteiger partial charge in [0.2, 0.25) is 0 Å². The van der Waals surface area contributed by atoms with Gasteiger partial charge in [0, 0.05) is 11.8 Å². The van der Waals surface area contributed by atoms with Gasteiger partial charge in [-0.3, -0.25) is 0 Å². The third-order valence-electron chi connectivity index (χ3n) is 1.69. The molecular weight excluding hydrogens is 249 g/mol. The molecule has 0 unspecified atom stereocenters. The number of nitrogens with zero attached hydrogens (tertiary/aromatic N) is 3. The lowest BCUT2D eigenvalue weighted by molar-refractivity contribution is 0.358. The van der Waals surface area contributed by atoms with Crippen molar-refractivity contribution in [2.75, 3.05) is 0 Å². The summed E-state index contributed by atoms with van der Waals surface area (Å²) in [4.78, 5) is 21.6. The van der Waals surface area contributed by atoms with Crippen molar-refractivity contribution in [3.8, 4) is 11.7 Å². The number of hydrogen-bond acceptors (Lipinski definition) is 4. The third-order valence-corrected chi connectivity index (χ3v) is 2.32. The molecule has 0 saturated carbocycles. The normalized spacial score (nSPS) is 11.4. The minimum Gasteiger partial charge on any atom is -0.388 e. The maximum atomic E-state index is 8.92. The minimum absolute atomic E-state index is 0.155. The highest BCUT2D eigenvalue weighted by Gasteiger charge is 2.13. The third kappa shape index (κ3) is 2.86. The predicted octanol–water partition coefficient (Wildman–Crippen LogP) is 0.855. The van der Waals surface area contributed by atoms with Crippen LogP contribution in [0.4, 0.5) is 0 Å². The average molecular weight is 257 g/mol. The van der Waals surface area contributed by atoms with Crippen LogP contribution in [-0.2, 0) is 11.8 Å². The molecule has 0 bridgehead atoms. The molecule has 0 saturated heterocycles. The van der Waals surface area contributed by atoms with Crippen LogP contribution in [0.5, 0.6) is 6.01 Å². The molecule has 0 amide bonds. The predicted molar refractivity (Wildman–Crippen MR) is 60.7 cm³/mol. The summed E-state index contributed by atoms with van der Waals surface area (Å²) in [5.74, 6) is 0. The molecule has 16 heavy (non-hydrogen) atoms. The lowest BCUT2D eigenvalue weighted by atomic mass is 10.3. The van der Waals surface area contributed by atoms with Gasteiger partial charge in [-0.2, -0.15) is 4.98 Å². The molecule has 0 atom stereocenters. The molecule has 2 rings (SSSR count). The van der Waals surface area contributed by atoms with Crippen molar-refractivity contribution in [1.82, 2.24) is 14.8 Å². The molecule has 1 aromatic heterocycles. The van der Waals surface area contributed by atoms with E-state index in [9.17, 15) is 0 Å². The van der Waals surface area contributed by atoms with Crippen molar-refractivity contribution in [3.63, 3.8) is 0 Å². The molecule has 0 fully saturated rings. The summed E-state index contributed by atoms with van der Waals surface area (Å²) in [7, 11) is 0. The largest absolute Gasteiger partial charge is 0.388 e. The Morgan fingerprint density at radius 1 is 1.25 bits per heavy atom. The van der Waals surface area contributed by atoms with Crippen molar-refractivity contribution in [2.45, 2.75) is 0 Å². The monoisotopic (exact) mass is 257 g/mol. The first kappa shape index (κ1) is 11.2. The lowest BCUT2D eigenvalue weighted by Crippen LogP contribution is -1.96. The Labute approximate surface area is 96.4 Å². The first-order chi connectivity index (χ1) is 7.54. The number of aromatic nitrogens is 3. The summed E-state index contributed by atoms with van der Waals surface area (Å²) in [5, 5.41) is 3.89. The van der Waals surface area contributed by atoms with Crippen LogP contribution in [0.15, 0.2) is 36.7 Å². The topological polar surface area (TPSA) is 80.4 Å². The molecule has 0 radical (unpaired) electrons. The van der Waals surface area contributed by atoms with Gasteiger partial charge in [0.15, 0.2) is 0 Å². The molecular formula is C8H8N3O3PS. The molecule has 8 heteroatoms. The molecule has 0 aliphatic rings. The van der Waals surface area contributed by atoms with Gasteiger partial charge in [0.1, 0.15) is 6.33 Å². The molecule has 84 valence electrons. The van der Waals surface area contributed by atoms with E-state index in [2.05, 4.69) is 26.4 Å². The van der Waals surface area contributed by atoms with E-state index in [-0.39, 0.29) is 6.01 Å². The van der Waals surface area contributed by atoms with Crippen molar-refractivity contribution in [1.29, 1.82) is 0 Å². The molecule has 0 aliphatic carbocycles. The Hall–Kier alpha value is -1.27. The molecule has 2 aromatic rings. The fourth-order valence-corrected chi connectivity index (χ4v) is 1.60. The van der Waals surface area contributed by atoms with Gasteiger partial charge in [0.25, 0.3) is 0 Å². The van der Waals surface area contributed by atoms with E-state index in [0.717, 1.165) is 5.69 Å². The van der Waals surface area contributed by atoms with Crippen LogP contribution in [-0.4, -0.2) is 24.6 Å². The fourth-order valence-electron chi connectivity index (χ4n) is 1.10.